The van der Waals surface area contributed by atoms with Crippen molar-refractivity contribution in [3.8, 4) is 0 Å². The van der Waals surface area contributed by atoms with Gasteiger partial charge in [0.15, 0.2) is 0 Å². The molecule has 16 heavy (non-hydrogen) atoms. The molecule has 1 aliphatic carbocycles. The third-order valence-electron chi connectivity index (χ3n) is 2.74. The minimum atomic E-state index is 0.819. The van der Waals surface area contributed by atoms with E-state index in [1.54, 1.807) is 0 Å². The predicted octanol–water partition coefficient (Wildman–Crippen LogP) is 3.61. The van der Waals surface area contributed by atoms with Crippen molar-refractivity contribution in [1.82, 2.24) is 0 Å². The van der Waals surface area contributed by atoms with Gasteiger partial charge in [-0.15, -0.1) is 0 Å². The van der Waals surface area contributed by atoms with E-state index in [1.165, 1.54) is 24.0 Å². The molecule has 1 aliphatic heterocycles. The second-order valence-electron chi connectivity index (χ2n) is 3.97. The summed E-state index contributed by atoms with van der Waals surface area (Å²) in [5.74, 6) is 0. The number of aryl methyl sites for hydroxylation is 1. The highest BCUT2D eigenvalue weighted by atomic mass is 16.5. The van der Waals surface area contributed by atoms with Crippen LogP contribution in [0.25, 0.3) is 6.08 Å². The third-order valence-corrected chi connectivity index (χ3v) is 2.74. The van der Waals surface area contributed by atoms with Gasteiger partial charge in [0.05, 0.1) is 13.2 Å². The molecule has 3 rings (SSSR count). The summed E-state index contributed by atoms with van der Waals surface area (Å²) in [4.78, 5) is 0. The molecule has 0 bridgehead atoms. The Bertz CT molecular complexity index is 369. The third kappa shape index (κ3) is 3.35. The zero-order chi connectivity index (χ0) is 11.1. The molecule has 1 heteroatoms. The molecule has 0 amide bonds. The van der Waals surface area contributed by atoms with E-state index < -0.39 is 0 Å². The molecule has 2 aliphatic rings. The highest BCUT2D eigenvalue weighted by Crippen LogP contribution is 2.17. The molecule has 1 aromatic rings. The Morgan fingerprint density at radius 1 is 0.938 bits per heavy atom. The Labute approximate surface area is 97.4 Å². The van der Waals surface area contributed by atoms with Crippen molar-refractivity contribution in [3.63, 3.8) is 0 Å². The summed E-state index contributed by atoms with van der Waals surface area (Å²) in [6.45, 7) is 1.73. The monoisotopic (exact) mass is 214 g/mol. The second-order valence-corrected chi connectivity index (χ2v) is 3.97. The zero-order valence-electron chi connectivity index (χ0n) is 9.56. The van der Waals surface area contributed by atoms with Gasteiger partial charge >= 0.3 is 0 Å². The van der Waals surface area contributed by atoms with Crippen molar-refractivity contribution in [2.24, 2.45) is 0 Å². The van der Waals surface area contributed by atoms with Crippen molar-refractivity contribution < 1.29 is 4.74 Å². The fraction of sp³-hybridized carbons (Fsp3) is 0.333. The standard InChI is InChI=1S/C10H10.C5H8O/c1-2-6-10-8-4-3-7-9(10)5-1;1-2-4-6-5-3-1/h1-3,5-7H,4,8H2;1-2H,3-5H2. The van der Waals surface area contributed by atoms with Crippen LogP contribution >= 0.6 is 0 Å². The number of benzene rings is 1. The lowest BCUT2D eigenvalue weighted by Crippen LogP contribution is -1.96. The smallest absolute Gasteiger partial charge is 0.0647 e. The number of fused-ring (bicyclic) bond motifs is 1. The number of hydrogen-bond acceptors (Lipinski definition) is 1. The first-order chi connectivity index (χ1) is 7.97. The van der Waals surface area contributed by atoms with Crippen molar-refractivity contribution in [1.29, 1.82) is 0 Å². The molecule has 0 N–H and O–H groups in total. The van der Waals surface area contributed by atoms with Crippen molar-refractivity contribution in [3.05, 3.63) is 53.6 Å². The van der Waals surface area contributed by atoms with Gasteiger partial charge < -0.3 is 4.74 Å². The van der Waals surface area contributed by atoms with Gasteiger partial charge in [0.1, 0.15) is 0 Å². The van der Waals surface area contributed by atoms with Gasteiger partial charge in [-0.25, -0.2) is 0 Å². The van der Waals surface area contributed by atoms with E-state index in [0.717, 1.165) is 19.6 Å². The van der Waals surface area contributed by atoms with Crippen molar-refractivity contribution in [2.75, 3.05) is 13.2 Å². The predicted molar refractivity (Wildman–Crippen MR) is 68.4 cm³/mol. The Hall–Kier alpha value is -1.34. The minimum Gasteiger partial charge on any atom is -0.377 e. The van der Waals surface area contributed by atoms with Gasteiger partial charge in [-0.3, -0.25) is 0 Å². The first-order valence-corrected chi connectivity index (χ1v) is 5.94. The molecule has 0 aromatic heterocycles. The average molecular weight is 214 g/mol. The molecule has 0 radical (unpaired) electrons. The molecular weight excluding hydrogens is 196 g/mol. The van der Waals surface area contributed by atoms with Gasteiger partial charge in [0.2, 0.25) is 0 Å². The number of ether oxygens (including phenoxy) is 1. The lowest BCUT2D eigenvalue weighted by Gasteiger charge is -2.07. The molecule has 1 heterocycles. The van der Waals surface area contributed by atoms with E-state index in [4.69, 9.17) is 4.74 Å². The van der Waals surface area contributed by atoms with Gasteiger partial charge in [-0.05, 0) is 30.4 Å². The SMILES string of the molecule is C1=CCOCC1.C1=Cc2ccccc2CC1. The van der Waals surface area contributed by atoms with Crippen LogP contribution in [0.15, 0.2) is 42.5 Å². The Kier molecular flexibility index (Phi) is 4.38. The summed E-state index contributed by atoms with van der Waals surface area (Å²) in [6.07, 6.45) is 12.2. The second kappa shape index (κ2) is 6.29. The molecule has 0 unspecified atom stereocenters. The maximum Gasteiger partial charge on any atom is 0.0647 e. The quantitative estimate of drug-likeness (QED) is 0.599. The molecule has 1 aromatic carbocycles. The highest BCUT2D eigenvalue weighted by Gasteiger charge is 2.00. The van der Waals surface area contributed by atoms with E-state index >= 15 is 0 Å². The molecule has 0 atom stereocenters. The van der Waals surface area contributed by atoms with Crippen molar-refractivity contribution >= 4 is 6.08 Å². The van der Waals surface area contributed by atoms with Gasteiger partial charge in [-0.1, -0.05) is 48.6 Å². The van der Waals surface area contributed by atoms with Crippen molar-refractivity contribution in [2.45, 2.75) is 19.3 Å². The van der Waals surface area contributed by atoms with E-state index in [2.05, 4.69) is 42.5 Å². The number of hydrogen-bond donors (Lipinski definition) is 0. The van der Waals surface area contributed by atoms with Gasteiger partial charge in [0.25, 0.3) is 0 Å². The van der Waals surface area contributed by atoms with Crippen LogP contribution < -0.4 is 0 Å². The number of rotatable bonds is 0. The van der Waals surface area contributed by atoms with Crippen LogP contribution in [-0.2, 0) is 11.2 Å². The maximum absolute atomic E-state index is 4.98. The summed E-state index contributed by atoms with van der Waals surface area (Å²) in [7, 11) is 0. The molecule has 1 nitrogen and oxygen atoms in total. The number of allylic oxidation sites excluding steroid dienone is 1. The van der Waals surface area contributed by atoms with E-state index in [1.807, 2.05) is 6.08 Å². The summed E-state index contributed by atoms with van der Waals surface area (Å²) >= 11 is 0. The van der Waals surface area contributed by atoms with Crippen LogP contribution in [-0.4, -0.2) is 13.2 Å². The van der Waals surface area contributed by atoms with Crippen LogP contribution in [0.4, 0.5) is 0 Å². The minimum absolute atomic E-state index is 0.819. The Balaban J connectivity index is 0.000000138. The first-order valence-electron chi connectivity index (χ1n) is 5.94. The molecule has 0 saturated carbocycles. The fourth-order valence-corrected chi connectivity index (χ4v) is 1.86. The lowest BCUT2D eigenvalue weighted by molar-refractivity contribution is 0.158. The summed E-state index contributed by atoms with van der Waals surface area (Å²) in [5, 5.41) is 0. The topological polar surface area (TPSA) is 9.23 Å². The van der Waals surface area contributed by atoms with Crippen LogP contribution in [0.2, 0.25) is 0 Å². The average Bonchev–Trinajstić information content (AvgIpc) is 2.42. The van der Waals surface area contributed by atoms with Gasteiger partial charge in [0, 0.05) is 0 Å². The van der Waals surface area contributed by atoms with Crippen LogP contribution in [0.1, 0.15) is 24.0 Å². The van der Waals surface area contributed by atoms with Crippen LogP contribution in [0.5, 0.6) is 0 Å². The summed E-state index contributed by atoms with van der Waals surface area (Å²) in [6, 6.07) is 8.58. The molecule has 0 fully saturated rings. The Morgan fingerprint density at radius 3 is 2.50 bits per heavy atom. The Morgan fingerprint density at radius 2 is 1.88 bits per heavy atom. The van der Waals surface area contributed by atoms with Crippen LogP contribution in [0, 0.1) is 0 Å². The lowest BCUT2D eigenvalue weighted by atomic mass is 9.98. The molecule has 0 spiro atoms. The van der Waals surface area contributed by atoms with Crippen LogP contribution in [0.3, 0.4) is 0 Å². The highest BCUT2D eigenvalue weighted by molar-refractivity contribution is 5.55. The van der Waals surface area contributed by atoms with E-state index in [-0.39, 0.29) is 0 Å². The van der Waals surface area contributed by atoms with Gasteiger partial charge in [-0.2, -0.15) is 0 Å². The molecule has 0 saturated heterocycles. The maximum atomic E-state index is 4.98. The zero-order valence-corrected chi connectivity index (χ0v) is 9.56. The largest absolute Gasteiger partial charge is 0.377 e. The normalized spacial score (nSPS) is 17.2. The molecular formula is C15H18O. The molecule has 84 valence electrons. The summed E-state index contributed by atoms with van der Waals surface area (Å²) in [5.41, 5.74) is 2.89. The van der Waals surface area contributed by atoms with E-state index in [0.29, 0.717) is 0 Å². The van der Waals surface area contributed by atoms with E-state index in [9.17, 15) is 0 Å². The first kappa shape index (κ1) is 11.2. The fourth-order valence-electron chi connectivity index (χ4n) is 1.86. The summed E-state index contributed by atoms with van der Waals surface area (Å²) < 4.78 is 4.98.